The SMILES string of the molecule is Nc1c(I)ccc(Cl)c1Br. The average Bonchev–Trinajstić information content (AvgIpc) is 1.93. The van der Waals surface area contributed by atoms with Crippen LogP contribution in [-0.2, 0) is 0 Å². The van der Waals surface area contributed by atoms with Crippen LogP contribution in [0.2, 0.25) is 5.02 Å². The summed E-state index contributed by atoms with van der Waals surface area (Å²) in [5, 5.41) is 0.651. The van der Waals surface area contributed by atoms with Gasteiger partial charge in [0, 0.05) is 3.57 Å². The highest BCUT2D eigenvalue weighted by atomic mass is 127. The zero-order valence-corrected chi connectivity index (χ0v) is 9.37. The van der Waals surface area contributed by atoms with E-state index in [0.717, 1.165) is 8.04 Å². The molecule has 0 aliphatic carbocycles. The predicted octanol–water partition coefficient (Wildman–Crippen LogP) is 3.29. The van der Waals surface area contributed by atoms with E-state index in [2.05, 4.69) is 38.5 Å². The summed E-state index contributed by atoms with van der Waals surface area (Å²) < 4.78 is 1.79. The van der Waals surface area contributed by atoms with Crippen molar-refractivity contribution in [2.45, 2.75) is 0 Å². The van der Waals surface area contributed by atoms with Gasteiger partial charge in [0.05, 0.1) is 15.2 Å². The Morgan fingerprint density at radius 2 is 2.10 bits per heavy atom. The van der Waals surface area contributed by atoms with Crippen LogP contribution in [0.3, 0.4) is 0 Å². The van der Waals surface area contributed by atoms with Gasteiger partial charge in [0.2, 0.25) is 0 Å². The molecule has 0 aromatic heterocycles. The van der Waals surface area contributed by atoms with Gasteiger partial charge in [-0.1, -0.05) is 11.6 Å². The van der Waals surface area contributed by atoms with Gasteiger partial charge in [-0.15, -0.1) is 0 Å². The molecule has 1 aromatic rings. The first-order chi connectivity index (χ1) is 4.63. The molecule has 4 heteroatoms. The lowest BCUT2D eigenvalue weighted by Gasteiger charge is -2.01. The van der Waals surface area contributed by atoms with Crippen LogP contribution in [0.15, 0.2) is 16.6 Å². The third-order valence-electron chi connectivity index (χ3n) is 1.08. The topological polar surface area (TPSA) is 26.0 Å². The highest BCUT2D eigenvalue weighted by Gasteiger charge is 2.03. The number of nitrogens with two attached hydrogens (primary N) is 1. The quantitative estimate of drug-likeness (QED) is 0.440. The summed E-state index contributed by atoms with van der Waals surface area (Å²) in [5.74, 6) is 0. The fraction of sp³-hybridized carbons (Fsp3) is 0. The van der Waals surface area contributed by atoms with Gasteiger partial charge in [0.25, 0.3) is 0 Å². The van der Waals surface area contributed by atoms with Crippen LogP contribution in [0.5, 0.6) is 0 Å². The summed E-state index contributed by atoms with van der Waals surface area (Å²) in [5.41, 5.74) is 6.35. The van der Waals surface area contributed by atoms with E-state index in [1.54, 1.807) is 0 Å². The average molecular weight is 332 g/mol. The Hall–Kier alpha value is 0.520. The maximum atomic E-state index is 5.76. The van der Waals surface area contributed by atoms with Crippen LogP contribution in [0.1, 0.15) is 0 Å². The summed E-state index contributed by atoms with van der Waals surface area (Å²) in [7, 11) is 0. The molecular formula is C6H4BrClIN. The second-order valence-electron chi connectivity index (χ2n) is 1.76. The van der Waals surface area contributed by atoms with Gasteiger partial charge in [0.1, 0.15) is 0 Å². The smallest absolute Gasteiger partial charge is 0.0609 e. The molecule has 1 rings (SSSR count). The third-order valence-corrected chi connectivity index (χ3v) is 3.42. The second kappa shape index (κ2) is 3.28. The number of hydrogen-bond donors (Lipinski definition) is 1. The molecule has 0 aliphatic heterocycles. The van der Waals surface area contributed by atoms with E-state index in [1.165, 1.54) is 0 Å². The van der Waals surface area contributed by atoms with Gasteiger partial charge in [-0.25, -0.2) is 0 Å². The van der Waals surface area contributed by atoms with Crippen molar-refractivity contribution < 1.29 is 0 Å². The lowest BCUT2D eigenvalue weighted by atomic mass is 10.3. The van der Waals surface area contributed by atoms with Gasteiger partial charge in [-0.3, -0.25) is 0 Å². The van der Waals surface area contributed by atoms with E-state index in [4.69, 9.17) is 17.3 Å². The van der Waals surface area contributed by atoms with Crippen molar-refractivity contribution in [2.75, 3.05) is 5.73 Å². The summed E-state index contributed by atoms with van der Waals surface area (Å²) in [6.07, 6.45) is 0. The molecule has 0 saturated carbocycles. The van der Waals surface area contributed by atoms with Gasteiger partial charge < -0.3 is 5.73 Å². The van der Waals surface area contributed by atoms with Crippen LogP contribution in [0.4, 0.5) is 5.69 Å². The van der Waals surface area contributed by atoms with Crippen LogP contribution < -0.4 is 5.73 Å². The highest BCUT2D eigenvalue weighted by molar-refractivity contribution is 14.1. The van der Waals surface area contributed by atoms with E-state index in [1.807, 2.05) is 12.1 Å². The zero-order chi connectivity index (χ0) is 7.72. The Morgan fingerprint density at radius 3 is 2.60 bits per heavy atom. The molecule has 0 atom stereocenters. The summed E-state index contributed by atoms with van der Waals surface area (Å²) in [6.45, 7) is 0. The van der Waals surface area contributed by atoms with Gasteiger partial charge >= 0.3 is 0 Å². The molecular weight excluding hydrogens is 328 g/mol. The van der Waals surface area contributed by atoms with Crippen molar-refractivity contribution >= 4 is 55.8 Å². The zero-order valence-electron chi connectivity index (χ0n) is 4.87. The number of anilines is 1. The van der Waals surface area contributed by atoms with Crippen molar-refractivity contribution in [3.05, 3.63) is 25.2 Å². The van der Waals surface area contributed by atoms with E-state index in [-0.39, 0.29) is 0 Å². The lowest BCUT2D eigenvalue weighted by Crippen LogP contribution is -1.90. The normalized spacial score (nSPS) is 9.90. The molecule has 0 radical (unpaired) electrons. The fourth-order valence-corrected chi connectivity index (χ4v) is 1.87. The van der Waals surface area contributed by atoms with Crippen LogP contribution in [-0.4, -0.2) is 0 Å². The first-order valence-electron chi connectivity index (χ1n) is 2.52. The second-order valence-corrected chi connectivity index (χ2v) is 4.12. The van der Waals surface area contributed by atoms with Crippen molar-refractivity contribution in [3.8, 4) is 0 Å². The Morgan fingerprint density at radius 1 is 1.50 bits per heavy atom. The molecule has 10 heavy (non-hydrogen) atoms. The lowest BCUT2D eigenvalue weighted by molar-refractivity contribution is 1.58. The number of nitrogen functional groups attached to an aromatic ring is 1. The van der Waals surface area contributed by atoms with Crippen molar-refractivity contribution in [1.29, 1.82) is 0 Å². The molecule has 0 amide bonds. The minimum Gasteiger partial charge on any atom is -0.397 e. The first kappa shape index (κ1) is 8.62. The van der Waals surface area contributed by atoms with Crippen LogP contribution in [0.25, 0.3) is 0 Å². The molecule has 1 aromatic carbocycles. The number of hydrogen-bond acceptors (Lipinski definition) is 1. The first-order valence-corrected chi connectivity index (χ1v) is 4.77. The minimum atomic E-state index is 0.651. The molecule has 0 aliphatic rings. The maximum Gasteiger partial charge on any atom is 0.0609 e. The third kappa shape index (κ3) is 1.57. The van der Waals surface area contributed by atoms with Crippen molar-refractivity contribution in [2.24, 2.45) is 0 Å². The van der Waals surface area contributed by atoms with E-state index in [0.29, 0.717) is 10.7 Å². The van der Waals surface area contributed by atoms with E-state index >= 15 is 0 Å². The Labute approximate surface area is 86.2 Å². The minimum absolute atomic E-state index is 0.651. The van der Waals surface area contributed by atoms with Crippen molar-refractivity contribution in [1.82, 2.24) is 0 Å². The predicted molar refractivity (Wildman–Crippen MR) is 56.3 cm³/mol. The number of halogens is 3. The standard InChI is InChI=1S/C6H4BrClIN/c7-5-3(8)1-2-4(9)6(5)10/h1-2H,10H2. The molecule has 0 saturated heterocycles. The maximum absolute atomic E-state index is 5.76. The Balaban J connectivity index is 3.34. The molecule has 0 bridgehead atoms. The van der Waals surface area contributed by atoms with Crippen molar-refractivity contribution in [3.63, 3.8) is 0 Å². The summed E-state index contributed by atoms with van der Waals surface area (Å²) >= 11 is 11.2. The van der Waals surface area contributed by atoms with Gasteiger partial charge in [-0.2, -0.15) is 0 Å². The van der Waals surface area contributed by atoms with E-state index in [9.17, 15) is 0 Å². The Bertz CT molecular complexity index is 237. The molecule has 0 spiro atoms. The Kier molecular flexibility index (Phi) is 2.82. The fourth-order valence-electron chi connectivity index (χ4n) is 0.543. The largest absolute Gasteiger partial charge is 0.397 e. The highest BCUT2D eigenvalue weighted by Crippen LogP contribution is 2.31. The molecule has 2 N–H and O–H groups in total. The number of rotatable bonds is 0. The summed E-state index contributed by atoms with van der Waals surface area (Å²) in [6, 6.07) is 3.69. The number of benzene rings is 1. The van der Waals surface area contributed by atoms with Crippen LogP contribution >= 0.6 is 50.1 Å². The van der Waals surface area contributed by atoms with Gasteiger partial charge in [-0.05, 0) is 50.7 Å². The van der Waals surface area contributed by atoms with Gasteiger partial charge in [0.15, 0.2) is 0 Å². The van der Waals surface area contributed by atoms with Crippen LogP contribution in [0, 0.1) is 3.57 Å². The molecule has 0 heterocycles. The monoisotopic (exact) mass is 331 g/mol. The van der Waals surface area contributed by atoms with E-state index < -0.39 is 0 Å². The summed E-state index contributed by atoms with van der Waals surface area (Å²) in [4.78, 5) is 0. The molecule has 0 unspecified atom stereocenters. The molecule has 0 fully saturated rings. The molecule has 54 valence electrons. The molecule has 1 nitrogen and oxygen atoms in total.